The predicted molar refractivity (Wildman–Crippen MR) is 70.3 cm³/mol. The molecule has 100 valence electrons. The van der Waals surface area contributed by atoms with E-state index in [1.54, 1.807) is 6.07 Å². The molecule has 1 N–H and O–H groups in total. The molecule has 0 aliphatic rings. The van der Waals surface area contributed by atoms with E-state index in [1.807, 2.05) is 0 Å². The average Bonchev–Trinajstić information content (AvgIpc) is 2.27. The monoisotopic (exact) mass is 337 g/mol. The van der Waals surface area contributed by atoms with Crippen molar-refractivity contribution in [2.45, 2.75) is 18.7 Å². The summed E-state index contributed by atoms with van der Waals surface area (Å²) in [4.78, 5) is 11.5. The van der Waals surface area contributed by atoms with E-state index in [0.29, 0.717) is 10.0 Å². The van der Waals surface area contributed by atoms with Crippen LogP contribution in [-0.2, 0) is 21.2 Å². The molecule has 0 saturated carbocycles. The third-order valence-electron chi connectivity index (χ3n) is 2.47. The minimum absolute atomic E-state index is 0.0516. The summed E-state index contributed by atoms with van der Waals surface area (Å²) in [6, 6.07) is 4.34. The van der Waals surface area contributed by atoms with E-state index in [4.69, 9.17) is 0 Å². The first-order valence-electron chi connectivity index (χ1n) is 5.12. The lowest BCUT2D eigenvalue weighted by atomic mass is 10.2. The molecule has 1 amide bonds. The van der Waals surface area contributed by atoms with Gasteiger partial charge in [-0.05, 0) is 25.1 Å². The Morgan fingerprint density at radius 1 is 1.50 bits per heavy atom. The van der Waals surface area contributed by atoms with Crippen LogP contribution in [0.3, 0.4) is 0 Å². The van der Waals surface area contributed by atoms with E-state index in [2.05, 4.69) is 21.2 Å². The van der Waals surface area contributed by atoms with Crippen molar-refractivity contribution in [1.82, 2.24) is 5.32 Å². The molecule has 1 atom stereocenters. The lowest BCUT2D eigenvalue weighted by Gasteiger charge is -2.11. The molecule has 18 heavy (non-hydrogen) atoms. The number of benzene rings is 1. The zero-order chi connectivity index (χ0) is 13.9. The molecule has 0 saturated heterocycles. The first-order chi connectivity index (χ1) is 8.21. The Labute approximate surface area is 114 Å². The Morgan fingerprint density at radius 3 is 2.67 bits per heavy atom. The Bertz CT molecular complexity index is 559. The quantitative estimate of drug-likeness (QED) is 0.908. The van der Waals surface area contributed by atoms with E-state index in [-0.39, 0.29) is 6.54 Å². The Kier molecular flexibility index (Phi) is 4.86. The fourth-order valence-electron chi connectivity index (χ4n) is 1.20. The SMILES string of the molecule is CC(C(=O)NCc1cc(Br)ccc1F)S(C)(=O)=O. The summed E-state index contributed by atoms with van der Waals surface area (Å²) in [5.74, 6) is -1.10. The van der Waals surface area contributed by atoms with Crippen LogP contribution in [0, 0.1) is 5.82 Å². The van der Waals surface area contributed by atoms with Gasteiger partial charge in [0.15, 0.2) is 9.84 Å². The molecule has 4 nitrogen and oxygen atoms in total. The van der Waals surface area contributed by atoms with Gasteiger partial charge in [0.2, 0.25) is 5.91 Å². The number of nitrogens with one attached hydrogen (secondary N) is 1. The van der Waals surface area contributed by atoms with E-state index >= 15 is 0 Å². The maximum absolute atomic E-state index is 13.4. The standard InChI is InChI=1S/C11H13BrFNO3S/c1-7(18(2,16)17)11(15)14-6-8-5-9(12)3-4-10(8)13/h3-5,7H,6H2,1-2H3,(H,14,15). The predicted octanol–water partition coefficient (Wildman–Crippen LogP) is 1.64. The summed E-state index contributed by atoms with van der Waals surface area (Å²) >= 11 is 3.19. The van der Waals surface area contributed by atoms with Crippen LogP contribution in [0.1, 0.15) is 12.5 Å². The van der Waals surface area contributed by atoms with Gasteiger partial charge in [0.05, 0.1) is 0 Å². The van der Waals surface area contributed by atoms with Gasteiger partial charge in [-0.15, -0.1) is 0 Å². The third-order valence-corrected chi connectivity index (χ3v) is 4.46. The van der Waals surface area contributed by atoms with Crippen LogP contribution in [0.15, 0.2) is 22.7 Å². The highest BCUT2D eigenvalue weighted by atomic mass is 79.9. The number of rotatable bonds is 4. The van der Waals surface area contributed by atoms with Crippen molar-refractivity contribution in [1.29, 1.82) is 0 Å². The highest BCUT2D eigenvalue weighted by Crippen LogP contribution is 2.15. The Balaban J connectivity index is 2.71. The van der Waals surface area contributed by atoms with Crippen molar-refractivity contribution in [2.24, 2.45) is 0 Å². The van der Waals surface area contributed by atoms with Crippen LogP contribution in [0.4, 0.5) is 4.39 Å². The van der Waals surface area contributed by atoms with Gasteiger partial charge in [-0.2, -0.15) is 0 Å². The highest BCUT2D eigenvalue weighted by molar-refractivity contribution is 9.10. The zero-order valence-electron chi connectivity index (χ0n) is 9.91. The summed E-state index contributed by atoms with van der Waals surface area (Å²) in [5.41, 5.74) is 0.290. The summed E-state index contributed by atoms with van der Waals surface area (Å²) < 4.78 is 36.4. The molecule has 1 aromatic rings. The molecule has 1 aromatic carbocycles. The summed E-state index contributed by atoms with van der Waals surface area (Å²) in [5, 5.41) is 1.25. The second-order valence-corrected chi connectivity index (χ2v) is 7.21. The summed E-state index contributed by atoms with van der Waals surface area (Å²) in [6.45, 7) is 1.24. The topological polar surface area (TPSA) is 63.2 Å². The smallest absolute Gasteiger partial charge is 0.238 e. The Morgan fingerprint density at radius 2 is 2.11 bits per heavy atom. The van der Waals surface area contributed by atoms with Crippen molar-refractivity contribution in [3.63, 3.8) is 0 Å². The van der Waals surface area contributed by atoms with Gasteiger partial charge >= 0.3 is 0 Å². The number of hydrogen-bond donors (Lipinski definition) is 1. The molecular formula is C11H13BrFNO3S. The van der Waals surface area contributed by atoms with Crippen molar-refractivity contribution < 1.29 is 17.6 Å². The van der Waals surface area contributed by atoms with E-state index < -0.39 is 26.8 Å². The van der Waals surface area contributed by atoms with Crippen molar-refractivity contribution in [3.8, 4) is 0 Å². The largest absolute Gasteiger partial charge is 0.351 e. The van der Waals surface area contributed by atoms with E-state index in [9.17, 15) is 17.6 Å². The second kappa shape index (κ2) is 5.79. The molecule has 0 aromatic heterocycles. The molecule has 7 heteroatoms. The Hall–Kier alpha value is -0.950. The lowest BCUT2D eigenvalue weighted by Crippen LogP contribution is -2.37. The molecule has 0 fully saturated rings. The van der Waals surface area contributed by atoms with Crippen molar-refractivity contribution >= 4 is 31.7 Å². The average molecular weight is 338 g/mol. The number of carbonyl (C=O) groups excluding carboxylic acids is 1. The highest BCUT2D eigenvalue weighted by Gasteiger charge is 2.23. The van der Waals surface area contributed by atoms with Crippen LogP contribution in [0.25, 0.3) is 0 Å². The normalized spacial score (nSPS) is 13.1. The number of halogens is 2. The van der Waals surface area contributed by atoms with Gasteiger partial charge in [-0.3, -0.25) is 4.79 Å². The molecule has 1 unspecified atom stereocenters. The number of amides is 1. The number of carbonyl (C=O) groups is 1. The number of sulfone groups is 1. The fourth-order valence-corrected chi connectivity index (χ4v) is 2.08. The zero-order valence-corrected chi connectivity index (χ0v) is 12.3. The first kappa shape index (κ1) is 15.1. The molecule has 0 radical (unpaired) electrons. The molecule has 0 aliphatic heterocycles. The maximum atomic E-state index is 13.4. The van der Waals surface area contributed by atoms with Crippen molar-refractivity contribution in [2.75, 3.05) is 6.26 Å². The summed E-state index contributed by atoms with van der Waals surface area (Å²) in [7, 11) is -3.44. The minimum atomic E-state index is -3.44. The molecular weight excluding hydrogens is 325 g/mol. The van der Waals surface area contributed by atoms with Crippen LogP contribution in [-0.4, -0.2) is 25.8 Å². The number of hydrogen-bond acceptors (Lipinski definition) is 3. The fraction of sp³-hybridized carbons (Fsp3) is 0.364. The van der Waals surface area contributed by atoms with E-state index in [1.165, 1.54) is 19.1 Å². The third kappa shape index (κ3) is 4.06. The molecule has 0 spiro atoms. The van der Waals surface area contributed by atoms with Crippen molar-refractivity contribution in [3.05, 3.63) is 34.1 Å². The lowest BCUT2D eigenvalue weighted by molar-refractivity contribution is -0.120. The minimum Gasteiger partial charge on any atom is -0.351 e. The van der Waals surface area contributed by atoms with Gasteiger partial charge in [-0.25, -0.2) is 12.8 Å². The van der Waals surface area contributed by atoms with Gasteiger partial charge in [0.25, 0.3) is 0 Å². The van der Waals surface area contributed by atoms with Crippen LogP contribution in [0.2, 0.25) is 0 Å². The van der Waals surface area contributed by atoms with Crippen LogP contribution < -0.4 is 5.32 Å². The van der Waals surface area contributed by atoms with Gasteiger partial charge in [0, 0.05) is 22.8 Å². The van der Waals surface area contributed by atoms with E-state index in [0.717, 1.165) is 6.26 Å². The molecule has 0 heterocycles. The maximum Gasteiger partial charge on any atom is 0.238 e. The van der Waals surface area contributed by atoms with Gasteiger partial charge in [0.1, 0.15) is 11.1 Å². The molecule has 1 rings (SSSR count). The summed E-state index contributed by atoms with van der Waals surface area (Å²) in [6.07, 6.45) is 0.983. The van der Waals surface area contributed by atoms with Crippen LogP contribution in [0.5, 0.6) is 0 Å². The molecule has 0 bridgehead atoms. The molecule has 0 aliphatic carbocycles. The second-order valence-electron chi connectivity index (χ2n) is 3.93. The van der Waals surface area contributed by atoms with Gasteiger partial charge < -0.3 is 5.32 Å². The van der Waals surface area contributed by atoms with Crippen LogP contribution >= 0.6 is 15.9 Å². The van der Waals surface area contributed by atoms with Gasteiger partial charge in [-0.1, -0.05) is 15.9 Å². The first-order valence-corrected chi connectivity index (χ1v) is 7.87.